The van der Waals surface area contributed by atoms with Crippen LogP contribution in [0.5, 0.6) is 5.75 Å². The third kappa shape index (κ3) is 4.63. The molecule has 1 N–H and O–H groups in total. The van der Waals surface area contributed by atoms with Gasteiger partial charge in [0, 0.05) is 18.1 Å². The molecule has 2 rings (SSSR count). The van der Waals surface area contributed by atoms with Gasteiger partial charge in [-0.15, -0.1) is 0 Å². The first-order valence-corrected chi connectivity index (χ1v) is 7.81. The molecule has 0 radical (unpaired) electrons. The highest BCUT2D eigenvalue weighted by Crippen LogP contribution is 2.28. The van der Waals surface area contributed by atoms with Gasteiger partial charge < -0.3 is 10.1 Å². The molecule has 3 nitrogen and oxygen atoms in total. The van der Waals surface area contributed by atoms with Crippen LogP contribution in [0, 0.1) is 5.92 Å². The van der Waals surface area contributed by atoms with Gasteiger partial charge in [-0.3, -0.25) is 4.90 Å². The lowest BCUT2D eigenvalue weighted by Gasteiger charge is -2.16. The van der Waals surface area contributed by atoms with Crippen molar-refractivity contribution in [1.29, 1.82) is 0 Å². The summed E-state index contributed by atoms with van der Waals surface area (Å²) in [6.07, 6.45) is 1.28. The summed E-state index contributed by atoms with van der Waals surface area (Å²) in [5.41, 5.74) is 0. The monoisotopic (exact) mass is 346 g/mol. The summed E-state index contributed by atoms with van der Waals surface area (Å²) in [4.78, 5) is 2.46. The van der Waals surface area contributed by atoms with Crippen molar-refractivity contribution in [2.75, 3.05) is 39.8 Å². The second-order valence-electron chi connectivity index (χ2n) is 4.94. The van der Waals surface area contributed by atoms with E-state index in [1.54, 1.807) is 0 Å². The molecule has 0 aliphatic carbocycles. The van der Waals surface area contributed by atoms with Crippen molar-refractivity contribution < 1.29 is 4.74 Å². The normalized spacial score (nSPS) is 19.8. The van der Waals surface area contributed by atoms with E-state index in [2.05, 4.69) is 26.1 Å². The molecule has 1 aliphatic heterocycles. The highest BCUT2D eigenvalue weighted by Gasteiger charge is 2.21. The predicted octanol–water partition coefficient (Wildman–Crippen LogP) is 3.02. The molecule has 0 amide bonds. The van der Waals surface area contributed by atoms with Crippen molar-refractivity contribution in [2.24, 2.45) is 5.92 Å². The van der Waals surface area contributed by atoms with Crippen LogP contribution in [0.25, 0.3) is 0 Å². The zero-order chi connectivity index (χ0) is 13.7. The van der Waals surface area contributed by atoms with E-state index in [9.17, 15) is 0 Å². The van der Waals surface area contributed by atoms with Gasteiger partial charge in [0.05, 0.1) is 4.47 Å². The lowest BCUT2D eigenvalue weighted by molar-refractivity contribution is 0.232. The van der Waals surface area contributed by atoms with E-state index in [0.29, 0.717) is 11.6 Å². The van der Waals surface area contributed by atoms with Crippen LogP contribution in [0.4, 0.5) is 0 Å². The van der Waals surface area contributed by atoms with E-state index in [-0.39, 0.29) is 0 Å². The van der Waals surface area contributed by atoms with Crippen molar-refractivity contribution in [3.8, 4) is 5.75 Å². The summed E-state index contributed by atoms with van der Waals surface area (Å²) in [5, 5.41) is 3.96. The number of halogens is 2. The average molecular weight is 348 g/mol. The van der Waals surface area contributed by atoms with Gasteiger partial charge in [0.25, 0.3) is 0 Å². The van der Waals surface area contributed by atoms with E-state index in [1.165, 1.54) is 19.5 Å². The van der Waals surface area contributed by atoms with E-state index in [4.69, 9.17) is 16.3 Å². The van der Waals surface area contributed by atoms with Gasteiger partial charge in [-0.05, 0) is 66.6 Å². The van der Waals surface area contributed by atoms with E-state index < -0.39 is 0 Å². The molecule has 1 heterocycles. The zero-order valence-electron chi connectivity index (χ0n) is 11.2. The van der Waals surface area contributed by atoms with Crippen LogP contribution >= 0.6 is 27.5 Å². The molecule has 0 aromatic heterocycles. The largest absolute Gasteiger partial charge is 0.491 e. The van der Waals surface area contributed by atoms with Crippen molar-refractivity contribution >= 4 is 27.5 Å². The smallest absolute Gasteiger partial charge is 0.133 e. The second-order valence-corrected chi connectivity index (χ2v) is 6.23. The fraction of sp³-hybridized carbons (Fsp3) is 0.571. The van der Waals surface area contributed by atoms with E-state index in [0.717, 1.165) is 29.2 Å². The Labute approximate surface area is 128 Å². The Morgan fingerprint density at radius 3 is 3.11 bits per heavy atom. The van der Waals surface area contributed by atoms with E-state index in [1.807, 2.05) is 25.2 Å². The molecule has 0 saturated carbocycles. The minimum absolute atomic E-state index is 0.715. The number of nitrogens with one attached hydrogen (secondary N) is 1. The molecule has 1 aliphatic rings. The molecule has 0 bridgehead atoms. The zero-order valence-corrected chi connectivity index (χ0v) is 13.5. The van der Waals surface area contributed by atoms with Crippen molar-refractivity contribution in [3.63, 3.8) is 0 Å². The molecule has 1 aromatic carbocycles. The molecule has 5 heteroatoms. The molecule has 19 heavy (non-hydrogen) atoms. The fourth-order valence-electron chi connectivity index (χ4n) is 2.45. The van der Waals surface area contributed by atoms with Crippen LogP contribution in [0.1, 0.15) is 6.42 Å². The molecule has 1 atom stereocenters. The van der Waals surface area contributed by atoms with Crippen LogP contribution in [0.3, 0.4) is 0 Å². The Morgan fingerprint density at radius 1 is 1.53 bits per heavy atom. The first kappa shape index (κ1) is 15.1. The second kappa shape index (κ2) is 7.48. The van der Waals surface area contributed by atoms with Gasteiger partial charge in [-0.2, -0.15) is 0 Å². The highest BCUT2D eigenvalue weighted by molar-refractivity contribution is 9.10. The summed E-state index contributed by atoms with van der Waals surface area (Å²) in [6, 6.07) is 5.61. The Hall–Kier alpha value is -0.290. The molecule has 0 spiro atoms. The summed E-state index contributed by atoms with van der Waals surface area (Å²) >= 11 is 9.36. The van der Waals surface area contributed by atoms with E-state index >= 15 is 0 Å². The Kier molecular flexibility index (Phi) is 5.95. The van der Waals surface area contributed by atoms with Crippen molar-refractivity contribution in [1.82, 2.24) is 10.2 Å². The molecular formula is C14H20BrClN2O. The van der Waals surface area contributed by atoms with Crippen LogP contribution < -0.4 is 10.1 Å². The predicted molar refractivity (Wildman–Crippen MR) is 83.1 cm³/mol. The van der Waals surface area contributed by atoms with Crippen LogP contribution in [0.15, 0.2) is 22.7 Å². The SMILES string of the molecule is CNCC1CCN(CCOc2ccc(Cl)cc2Br)C1. The molecule has 1 fully saturated rings. The summed E-state index contributed by atoms with van der Waals surface area (Å²) in [7, 11) is 2.02. The number of ether oxygens (including phenoxy) is 1. The molecule has 1 unspecified atom stereocenters. The lowest BCUT2D eigenvalue weighted by atomic mass is 10.1. The van der Waals surface area contributed by atoms with Crippen LogP contribution in [0.2, 0.25) is 5.02 Å². The van der Waals surface area contributed by atoms with Crippen molar-refractivity contribution in [2.45, 2.75) is 6.42 Å². The van der Waals surface area contributed by atoms with Gasteiger partial charge in [0.2, 0.25) is 0 Å². The first-order valence-electron chi connectivity index (χ1n) is 6.64. The Balaban J connectivity index is 1.72. The molecular weight excluding hydrogens is 328 g/mol. The maximum Gasteiger partial charge on any atom is 0.133 e. The average Bonchev–Trinajstić information content (AvgIpc) is 2.80. The maximum absolute atomic E-state index is 5.90. The number of nitrogens with zero attached hydrogens (tertiary/aromatic N) is 1. The minimum Gasteiger partial charge on any atom is -0.491 e. The summed E-state index contributed by atoms with van der Waals surface area (Å²) in [5.74, 6) is 1.64. The quantitative estimate of drug-likeness (QED) is 0.856. The lowest BCUT2D eigenvalue weighted by Crippen LogP contribution is -2.28. The first-order chi connectivity index (χ1) is 9.19. The van der Waals surface area contributed by atoms with Gasteiger partial charge in [0.15, 0.2) is 0 Å². The number of likely N-dealkylation sites (tertiary alicyclic amines) is 1. The van der Waals surface area contributed by atoms with Gasteiger partial charge in [0.1, 0.15) is 12.4 Å². The van der Waals surface area contributed by atoms with Crippen LogP contribution in [-0.4, -0.2) is 44.7 Å². The summed E-state index contributed by atoms with van der Waals surface area (Å²) < 4.78 is 6.70. The number of rotatable bonds is 6. The third-order valence-electron chi connectivity index (χ3n) is 3.42. The Bertz CT molecular complexity index is 416. The number of hydrogen-bond acceptors (Lipinski definition) is 3. The minimum atomic E-state index is 0.715. The van der Waals surface area contributed by atoms with Gasteiger partial charge in [-0.1, -0.05) is 11.6 Å². The number of benzene rings is 1. The molecule has 1 saturated heterocycles. The van der Waals surface area contributed by atoms with Crippen molar-refractivity contribution in [3.05, 3.63) is 27.7 Å². The third-order valence-corrected chi connectivity index (χ3v) is 4.28. The molecule has 106 valence electrons. The van der Waals surface area contributed by atoms with Gasteiger partial charge >= 0.3 is 0 Å². The molecule has 1 aromatic rings. The van der Waals surface area contributed by atoms with Gasteiger partial charge in [-0.25, -0.2) is 0 Å². The van der Waals surface area contributed by atoms with Crippen LogP contribution in [-0.2, 0) is 0 Å². The maximum atomic E-state index is 5.90. The summed E-state index contributed by atoms with van der Waals surface area (Å²) in [6.45, 7) is 5.16. The highest BCUT2D eigenvalue weighted by atomic mass is 79.9. The fourth-order valence-corrected chi connectivity index (χ4v) is 3.25. The standard InChI is InChI=1S/C14H20BrClN2O/c1-17-9-11-4-5-18(10-11)6-7-19-14-3-2-12(16)8-13(14)15/h2-3,8,11,17H,4-7,9-10H2,1H3. The topological polar surface area (TPSA) is 24.5 Å². The number of hydrogen-bond donors (Lipinski definition) is 1. The Morgan fingerprint density at radius 2 is 2.37 bits per heavy atom.